The van der Waals surface area contributed by atoms with Crippen LogP contribution in [0.4, 0.5) is 0 Å². The summed E-state index contributed by atoms with van der Waals surface area (Å²) >= 11 is 0. The molecule has 0 aliphatic heterocycles. The predicted octanol–water partition coefficient (Wildman–Crippen LogP) is 5.83. The lowest BCUT2D eigenvalue weighted by Crippen LogP contribution is -2.26. The fourth-order valence-corrected chi connectivity index (χ4v) is 5.71. The third kappa shape index (κ3) is 7.47. The molecule has 0 aromatic heterocycles. The first-order chi connectivity index (χ1) is 15.2. The number of aliphatic hydroxyl groups excluding tert-OH is 2. The van der Waals surface area contributed by atoms with Crippen LogP contribution in [0.2, 0.25) is 0 Å². The highest BCUT2D eigenvalue weighted by molar-refractivity contribution is 5.47. The Balaban J connectivity index is 1.83. The van der Waals surface area contributed by atoms with Crippen molar-refractivity contribution in [1.29, 1.82) is 0 Å². The number of unbranched alkanes of at least 4 members (excludes halogenated alkanes) is 2. The quantitative estimate of drug-likeness (QED) is 0.364. The molecule has 1 aromatic rings. The summed E-state index contributed by atoms with van der Waals surface area (Å²) in [6.07, 6.45) is 16.3. The van der Waals surface area contributed by atoms with E-state index in [9.17, 15) is 15.3 Å². The van der Waals surface area contributed by atoms with Crippen molar-refractivity contribution in [3.63, 3.8) is 0 Å². The van der Waals surface area contributed by atoms with E-state index in [1.165, 1.54) is 80.9 Å². The lowest BCUT2D eigenvalue weighted by atomic mass is 9.78. The zero-order valence-electron chi connectivity index (χ0n) is 19.5. The molecule has 0 spiro atoms. The van der Waals surface area contributed by atoms with Crippen LogP contribution in [-0.2, 0) is 6.54 Å². The highest BCUT2D eigenvalue weighted by Crippen LogP contribution is 2.44. The van der Waals surface area contributed by atoms with E-state index < -0.39 is 0 Å². The maximum Gasteiger partial charge on any atom is 0.122 e. The standard InChI is InChI=1S/C27H45NO3/c29-17-9-7-15-28(16-8-10-18-30)21-22-19-25(23-11-3-1-4-12-23)27(31)26(20-22)24-13-5-2-6-14-24/h19-20,23-24,29-31H,1-18,21H2. The summed E-state index contributed by atoms with van der Waals surface area (Å²) in [5.74, 6) is 1.62. The second kappa shape index (κ2) is 13.4. The first-order valence-electron chi connectivity index (χ1n) is 13.0. The molecule has 0 atom stereocenters. The maximum atomic E-state index is 11.3. The lowest BCUT2D eigenvalue weighted by molar-refractivity contribution is 0.221. The molecule has 4 nitrogen and oxygen atoms in total. The lowest BCUT2D eigenvalue weighted by Gasteiger charge is -2.29. The summed E-state index contributed by atoms with van der Waals surface area (Å²) in [5.41, 5.74) is 3.76. The molecule has 31 heavy (non-hydrogen) atoms. The van der Waals surface area contributed by atoms with Crippen LogP contribution in [0.5, 0.6) is 5.75 Å². The summed E-state index contributed by atoms with van der Waals surface area (Å²) in [4.78, 5) is 2.48. The van der Waals surface area contributed by atoms with Gasteiger partial charge < -0.3 is 15.3 Å². The summed E-state index contributed by atoms with van der Waals surface area (Å²) in [6.45, 7) is 3.36. The molecular formula is C27H45NO3. The molecule has 2 aliphatic carbocycles. The van der Waals surface area contributed by atoms with Crippen molar-refractivity contribution >= 4 is 0 Å². The molecule has 176 valence electrons. The Labute approximate surface area is 189 Å². The minimum absolute atomic E-state index is 0.251. The number of phenolic OH excluding ortho intramolecular Hbond substituents is 1. The van der Waals surface area contributed by atoms with Crippen molar-refractivity contribution in [2.24, 2.45) is 0 Å². The molecule has 0 heterocycles. The van der Waals surface area contributed by atoms with E-state index in [1.54, 1.807) is 0 Å². The topological polar surface area (TPSA) is 63.9 Å². The SMILES string of the molecule is OCCCCN(CCCCO)Cc1cc(C2CCCCC2)c(O)c(C2CCCCC2)c1. The van der Waals surface area contributed by atoms with Crippen LogP contribution in [0.3, 0.4) is 0 Å². The molecule has 2 fully saturated rings. The number of hydrogen-bond acceptors (Lipinski definition) is 4. The van der Waals surface area contributed by atoms with Gasteiger partial charge in [0.2, 0.25) is 0 Å². The van der Waals surface area contributed by atoms with Crippen molar-refractivity contribution in [1.82, 2.24) is 4.90 Å². The molecule has 0 bridgehead atoms. The van der Waals surface area contributed by atoms with Gasteiger partial charge >= 0.3 is 0 Å². The monoisotopic (exact) mass is 431 g/mol. The van der Waals surface area contributed by atoms with Crippen LogP contribution < -0.4 is 0 Å². The van der Waals surface area contributed by atoms with Crippen LogP contribution >= 0.6 is 0 Å². The van der Waals surface area contributed by atoms with Gasteiger partial charge in [-0.3, -0.25) is 4.90 Å². The Morgan fingerprint density at radius 1 is 0.677 bits per heavy atom. The summed E-state index contributed by atoms with van der Waals surface area (Å²) < 4.78 is 0. The normalized spacial score (nSPS) is 18.7. The van der Waals surface area contributed by atoms with Crippen LogP contribution in [-0.4, -0.2) is 46.5 Å². The molecule has 2 aliphatic rings. The van der Waals surface area contributed by atoms with Crippen molar-refractivity contribution < 1.29 is 15.3 Å². The van der Waals surface area contributed by atoms with E-state index in [-0.39, 0.29) is 13.2 Å². The second-order valence-corrected chi connectivity index (χ2v) is 9.93. The van der Waals surface area contributed by atoms with Gasteiger partial charge in [-0.25, -0.2) is 0 Å². The van der Waals surface area contributed by atoms with Gasteiger partial charge in [-0.05, 0) is 93.0 Å². The number of hydrogen-bond donors (Lipinski definition) is 3. The zero-order valence-corrected chi connectivity index (χ0v) is 19.5. The van der Waals surface area contributed by atoms with Crippen LogP contribution in [0, 0.1) is 0 Å². The van der Waals surface area contributed by atoms with Gasteiger partial charge in [-0.1, -0.05) is 50.7 Å². The van der Waals surface area contributed by atoms with Gasteiger partial charge in [0, 0.05) is 19.8 Å². The Morgan fingerprint density at radius 2 is 1.13 bits per heavy atom. The van der Waals surface area contributed by atoms with Gasteiger partial charge in [-0.2, -0.15) is 0 Å². The Hall–Kier alpha value is -1.10. The van der Waals surface area contributed by atoms with Gasteiger partial charge in [0.1, 0.15) is 5.75 Å². The van der Waals surface area contributed by atoms with E-state index in [1.807, 2.05) is 0 Å². The van der Waals surface area contributed by atoms with Crippen molar-refractivity contribution in [3.8, 4) is 5.75 Å². The number of rotatable bonds is 12. The van der Waals surface area contributed by atoms with E-state index in [2.05, 4.69) is 17.0 Å². The van der Waals surface area contributed by atoms with Crippen LogP contribution in [0.25, 0.3) is 0 Å². The summed E-state index contributed by atoms with van der Waals surface area (Å²) in [7, 11) is 0. The average molecular weight is 432 g/mol. The Bertz CT molecular complexity index is 586. The number of phenols is 1. The van der Waals surface area contributed by atoms with Gasteiger partial charge in [0.25, 0.3) is 0 Å². The first kappa shape index (κ1) is 24.5. The highest BCUT2D eigenvalue weighted by atomic mass is 16.3. The molecule has 3 rings (SSSR count). The van der Waals surface area contributed by atoms with E-state index >= 15 is 0 Å². The molecular weight excluding hydrogens is 386 g/mol. The average Bonchev–Trinajstić information content (AvgIpc) is 2.81. The van der Waals surface area contributed by atoms with Gasteiger partial charge in [0.05, 0.1) is 0 Å². The number of nitrogens with zero attached hydrogens (tertiary/aromatic N) is 1. The summed E-state index contributed by atoms with van der Waals surface area (Å²) in [5, 5.41) is 29.7. The zero-order chi connectivity index (χ0) is 21.9. The number of benzene rings is 1. The third-order valence-corrected chi connectivity index (χ3v) is 7.49. The number of aliphatic hydroxyl groups is 2. The fourth-order valence-electron chi connectivity index (χ4n) is 5.71. The molecule has 3 N–H and O–H groups in total. The highest BCUT2D eigenvalue weighted by Gasteiger charge is 2.26. The van der Waals surface area contributed by atoms with E-state index in [4.69, 9.17) is 0 Å². The molecule has 2 saturated carbocycles. The molecule has 0 saturated heterocycles. The smallest absolute Gasteiger partial charge is 0.122 e. The molecule has 4 heteroatoms. The minimum Gasteiger partial charge on any atom is -0.507 e. The van der Waals surface area contributed by atoms with Gasteiger partial charge in [0.15, 0.2) is 0 Å². The van der Waals surface area contributed by atoms with E-state index in [0.717, 1.165) is 45.3 Å². The van der Waals surface area contributed by atoms with E-state index in [0.29, 0.717) is 17.6 Å². The molecule has 0 unspecified atom stereocenters. The van der Waals surface area contributed by atoms with Crippen LogP contribution in [0.1, 0.15) is 118 Å². The second-order valence-electron chi connectivity index (χ2n) is 9.93. The summed E-state index contributed by atoms with van der Waals surface area (Å²) in [6, 6.07) is 4.62. The minimum atomic E-state index is 0.251. The molecule has 0 radical (unpaired) electrons. The van der Waals surface area contributed by atoms with Crippen molar-refractivity contribution in [3.05, 3.63) is 28.8 Å². The van der Waals surface area contributed by atoms with Crippen molar-refractivity contribution in [2.45, 2.75) is 108 Å². The largest absolute Gasteiger partial charge is 0.507 e. The fraction of sp³-hybridized carbons (Fsp3) is 0.778. The number of aromatic hydroxyl groups is 1. The first-order valence-corrected chi connectivity index (χ1v) is 13.0. The molecule has 1 aromatic carbocycles. The Kier molecular flexibility index (Phi) is 10.6. The maximum absolute atomic E-state index is 11.3. The Morgan fingerprint density at radius 3 is 1.55 bits per heavy atom. The van der Waals surface area contributed by atoms with Gasteiger partial charge in [-0.15, -0.1) is 0 Å². The van der Waals surface area contributed by atoms with Crippen LogP contribution in [0.15, 0.2) is 12.1 Å². The predicted molar refractivity (Wildman–Crippen MR) is 128 cm³/mol. The van der Waals surface area contributed by atoms with Crippen molar-refractivity contribution in [2.75, 3.05) is 26.3 Å². The molecule has 0 amide bonds. The third-order valence-electron chi connectivity index (χ3n) is 7.49.